The Kier molecular flexibility index (Phi) is 9.49. The van der Waals surface area contributed by atoms with E-state index in [2.05, 4.69) is 20.8 Å². The quantitative estimate of drug-likeness (QED) is 0.236. The van der Waals surface area contributed by atoms with Crippen LogP contribution >= 0.6 is 0 Å². The summed E-state index contributed by atoms with van der Waals surface area (Å²) in [5, 5.41) is 11.2. The summed E-state index contributed by atoms with van der Waals surface area (Å²) in [6, 6.07) is 21.8. The van der Waals surface area contributed by atoms with Gasteiger partial charge < -0.3 is 25.8 Å². The molecule has 4 N–H and O–H groups in total. The monoisotopic (exact) mass is 568 g/mol. The predicted octanol–water partition coefficient (Wildman–Crippen LogP) is 3.35. The minimum Gasteiger partial charge on any atom is -0.352 e. The van der Waals surface area contributed by atoms with E-state index in [9.17, 15) is 14.4 Å². The highest BCUT2D eigenvalue weighted by atomic mass is 16.5. The van der Waals surface area contributed by atoms with Crippen molar-refractivity contribution in [2.75, 3.05) is 14.1 Å². The Balaban J connectivity index is 1.67. The van der Waals surface area contributed by atoms with Crippen molar-refractivity contribution < 1.29 is 18.9 Å². The van der Waals surface area contributed by atoms with Crippen molar-refractivity contribution in [2.24, 2.45) is 5.73 Å². The van der Waals surface area contributed by atoms with Gasteiger partial charge in [-0.05, 0) is 35.7 Å². The summed E-state index contributed by atoms with van der Waals surface area (Å²) in [4.78, 5) is 45.0. The number of hydrogen-bond acceptors (Lipinski definition) is 7. The number of amides is 3. The molecular weight excluding hydrogens is 532 g/mol. The molecule has 2 unspecified atom stereocenters. The number of fused-ring (bicyclic) bond motifs is 1. The minimum atomic E-state index is -0.922. The van der Waals surface area contributed by atoms with E-state index >= 15 is 0 Å². The van der Waals surface area contributed by atoms with Gasteiger partial charge in [0.1, 0.15) is 12.1 Å². The van der Waals surface area contributed by atoms with E-state index in [1.807, 2.05) is 72.8 Å². The van der Waals surface area contributed by atoms with E-state index in [-0.39, 0.29) is 24.0 Å². The molecule has 0 radical (unpaired) electrons. The molecular formula is C32H36N6O4. The molecule has 4 rings (SSSR count). The van der Waals surface area contributed by atoms with Crippen LogP contribution in [0.5, 0.6) is 0 Å². The van der Waals surface area contributed by atoms with Crippen LogP contribution < -0.4 is 16.4 Å². The van der Waals surface area contributed by atoms with Crippen molar-refractivity contribution in [2.45, 2.75) is 44.3 Å². The predicted molar refractivity (Wildman–Crippen MR) is 160 cm³/mol. The molecule has 1 heterocycles. The number of rotatable bonds is 11. The molecule has 0 bridgehead atoms. The average molecular weight is 569 g/mol. The lowest BCUT2D eigenvalue weighted by atomic mass is 9.99. The molecule has 0 aliphatic rings. The molecule has 4 aromatic rings. The second kappa shape index (κ2) is 13.2. The molecule has 0 spiro atoms. The SMILES string of the molecule is CNC(=O)c1noc(C(Cc2ccccc2)N(C)C(=O)C(Cc2ccc3ccccc3c2)NC(=O)/C=C/C(C)(C)N)n1. The Morgan fingerprint density at radius 1 is 0.976 bits per heavy atom. The number of hydrogen-bond donors (Lipinski definition) is 3. The molecule has 0 aliphatic carbocycles. The smallest absolute Gasteiger partial charge is 0.292 e. The third-order valence-electron chi connectivity index (χ3n) is 6.78. The van der Waals surface area contributed by atoms with Crippen LogP contribution in [0.4, 0.5) is 0 Å². The van der Waals surface area contributed by atoms with Crippen LogP contribution in [0.1, 0.15) is 47.5 Å². The Bertz CT molecular complexity index is 1570. The number of carbonyl (C=O) groups is 3. The van der Waals surface area contributed by atoms with E-state index in [1.54, 1.807) is 27.0 Å². The number of benzene rings is 3. The van der Waals surface area contributed by atoms with Crippen LogP contribution in [0, 0.1) is 0 Å². The lowest BCUT2D eigenvalue weighted by Gasteiger charge is -2.30. The summed E-state index contributed by atoms with van der Waals surface area (Å²) in [6.45, 7) is 3.54. The van der Waals surface area contributed by atoms with Gasteiger partial charge in [-0.2, -0.15) is 4.98 Å². The topological polar surface area (TPSA) is 143 Å². The van der Waals surface area contributed by atoms with Crippen LogP contribution in [0.25, 0.3) is 10.8 Å². The molecule has 3 amide bonds. The second-order valence-electron chi connectivity index (χ2n) is 10.8. The number of aromatic nitrogens is 2. The molecule has 42 heavy (non-hydrogen) atoms. The third kappa shape index (κ3) is 7.88. The highest BCUT2D eigenvalue weighted by Gasteiger charge is 2.33. The zero-order valence-electron chi connectivity index (χ0n) is 24.2. The van der Waals surface area contributed by atoms with Crippen molar-refractivity contribution in [1.82, 2.24) is 25.7 Å². The lowest BCUT2D eigenvalue weighted by Crippen LogP contribution is -2.49. The van der Waals surface area contributed by atoms with Gasteiger partial charge in [0.2, 0.25) is 17.7 Å². The molecule has 2 atom stereocenters. The van der Waals surface area contributed by atoms with Gasteiger partial charge in [0, 0.05) is 38.6 Å². The van der Waals surface area contributed by atoms with Crippen molar-refractivity contribution in [3.63, 3.8) is 0 Å². The van der Waals surface area contributed by atoms with Crippen molar-refractivity contribution in [3.8, 4) is 0 Å². The van der Waals surface area contributed by atoms with Gasteiger partial charge in [-0.3, -0.25) is 14.4 Å². The maximum atomic E-state index is 14.1. The fraction of sp³-hybridized carbons (Fsp3) is 0.281. The van der Waals surface area contributed by atoms with Crippen LogP contribution in [-0.2, 0) is 22.4 Å². The van der Waals surface area contributed by atoms with E-state index in [0.29, 0.717) is 6.42 Å². The first-order valence-electron chi connectivity index (χ1n) is 13.7. The summed E-state index contributed by atoms with van der Waals surface area (Å²) in [6.07, 6.45) is 3.51. The summed E-state index contributed by atoms with van der Waals surface area (Å²) in [7, 11) is 3.09. The molecule has 3 aromatic carbocycles. The van der Waals surface area contributed by atoms with Gasteiger partial charge in [0.25, 0.3) is 11.7 Å². The van der Waals surface area contributed by atoms with E-state index in [0.717, 1.165) is 21.9 Å². The second-order valence-corrected chi connectivity index (χ2v) is 10.8. The number of likely N-dealkylation sites (N-methyl/N-ethyl adjacent to an activating group) is 1. The highest BCUT2D eigenvalue weighted by molar-refractivity contribution is 5.93. The Labute approximate surface area is 245 Å². The van der Waals surface area contributed by atoms with Gasteiger partial charge in [-0.1, -0.05) is 84.0 Å². The lowest BCUT2D eigenvalue weighted by molar-refractivity contribution is -0.137. The summed E-state index contributed by atoms with van der Waals surface area (Å²) < 4.78 is 5.47. The number of nitrogens with two attached hydrogens (primary N) is 1. The van der Waals surface area contributed by atoms with Gasteiger partial charge in [-0.15, -0.1) is 0 Å². The molecule has 1 aromatic heterocycles. The zero-order valence-corrected chi connectivity index (χ0v) is 24.2. The fourth-order valence-electron chi connectivity index (χ4n) is 4.51. The maximum absolute atomic E-state index is 14.1. The van der Waals surface area contributed by atoms with Gasteiger partial charge >= 0.3 is 0 Å². The highest BCUT2D eigenvalue weighted by Crippen LogP contribution is 2.25. The Hall–Kier alpha value is -4.83. The Morgan fingerprint density at radius 3 is 2.36 bits per heavy atom. The first kappa shape index (κ1) is 30.1. The minimum absolute atomic E-state index is 0.105. The Morgan fingerprint density at radius 2 is 1.67 bits per heavy atom. The summed E-state index contributed by atoms with van der Waals surface area (Å²) in [5.74, 6) is -1.35. The van der Waals surface area contributed by atoms with E-state index in [1.165, 1.54) is 18.0 Å². The maximum Gasteiger partial charge on any atom is 0.292 e. The van der Waals surface area contributed by atoms with Gasteiger partial charge in [0.15, 0.2) is 0 Å². The zero-order chi connectivity index (χ0) is 30.3. The third-order valence-corrected chi connectivity index (χ3v) is 6.78. The number of nitrogens with zero attached hydrogens (tertiary/aromatic N) is 3. The molecule has 0 saturated heterocycles. The molecule has 10 heteroatoms. The van der Waals surface area contributed by atoms with Crippen LogP contribution in [0.2, 0.25) is 0 Å². The number of nitrogens with one attached hydrogen (secondary N) is 2. The average Bonchev–Trinajstić information content (AvgIpc) is 3.47. The summed E-state index contributed by atoms with van der Waals surface area (Å²) in [5.41, 5.74) is 7.11. The fourth-order valence-corrected chi connectivity index (χ4v) is 4.51. The number of carbonyl (C=O) groups excluding carboxylic acids is 3. The first-order chi connectivity index (χ1) is 20.0. The van der Waals surface area contributed by atoms with Crippen molar-refractivity contribution in [1.29, 1.82) is 0 Å². The van der Waals surface area contributed by atoms with Crippen LogP contribution in [0.3, 0.4) is 0 Å². The van der Waals surface area contributed by atoms with Gasteiger partial charge in [-0.25, -0.2) is 0 Å². The molecule has 0 saturated carbocycles. The van der Waals surface area contributed by atoms with Gasteiger partial charge in [0.05, 0.1) is 0 Å². The van der Waals surface area contributed by atoms with Crippen molar-refractivity contribution in [3.05, 3.63) is 108 Å². The normalized spacial score (nSPS) is 13.1. The van der Waals surface area contributed by atoms with Crippen LogP contribution in [0.15, 0.2) is 89.5 Å². The van der Waals surface area contributed by atoms with E-state index in [4.69, 9.17) is 10.3 Å². The van der Waals surface area contributed by atoms with Crippen molar-refractivity contribution >= 4 is 28.5 Å². The molecule has 0 aliphatic heterocycles. The van der Waals surface area contributed by atoms with E-state index < -0.39 is 29.4 Å². The van der Waals surface area contributed by atoms with Crippen LogP contribution in [-0.4, -0.2) is 58.4 Å². The molecule has 10 nitrogen and oxygen atoms in total. The standard InChI is InChI=1S/C32H36N6O4/c1-32(2,33)17-16-27(39)35-25(19-22-14-15-23-12-8-9-13-24(23)18-22)31(41)38(4)26(20-21-10-6-5-7-11-21)30-36-28(37-42-30)29(40)34-3/h5-18,25-26H,19-20,33H2,1-4H3,(H,34,40)(H,35,39)/b17-16+. The summed E-state index contributed by atoms with van der Waals surface area (Å²) >= 11 is 0. The largest absolute Gasteiger partial charge is 0.352 e. The molecule has 218 valence electrons. The first-order valence-corrected chi connectivity index (χ1v) is 13.7. The molecule has 0 fully saturated rings.